The molecule has 0 aliphatic rings. The first-order chi connectivity index (χ1) is 9.75. The van der Waals surface area contributed by atoms with Crippen LogP contribution in [0.25, 0.3) is 6.08 Å². The first-order valence-corrected chi connectivity index (χ1v) is 6.78. The van der Waals surface area contributed by atoms with Gasteiger partial charge in [0.15, 0.2) is 0 Å². The Labute approximate surface area is 120 Å². The summed E-state index contributed by atoms with van der Waals surface area (Å²) in [5, 5.41) is 0. The molecular formula is C18H19NO. The van der Waals surface area contributed by atoms with Crippen LogP contribution in [-0.4, -0.2) is 24.4 Å². The van der Waals surface area contributed by atoms with Gasteiger partial charge in [0.1, 0.15) is 0 Å². The molecule has 0 saturated heterocycles. The lowest BCUT2D eigenvalue weighted by Crippen LogP contribution is -2.27. The predicted octanol–water partition coefficient (Wildman–Crippen LogP) is 3.40. The SMILES string of the molecule is CN(CCc1ccccc1)C(=O)C=Cc1ccccc1. The van der Waals surface area contributed by atoms with Crippen LogP contribution in [0.3, 0.4) is 0 Å². The second kappa shape index (κ2) is 7.29. The Balaban J connectivity index is 1.85. The lowest BCUT2D eigenvalue weighted by Gasteiger charge is -2.14. The Morgan fingerprint density at radius 2 is 1.60 bits per heavy atom. The second-order valence-electron chi connectivity index (χ2n) is 4.74. The Morgan fingerprint density at radius 3 is 2.25 bits per heavy atom. The van der Waals surface area contributed by atoms with Gasteiger partial charge in [0.05, 0.1) is 0 Å². The number of carbonyl (C=O) groups is 1. The lowest BCUT2D eigenvalue weighted by molar-refractivity contribution is -0.124. The average Bonchev–Trinajstić information content (AvgIpc) is 2.52. The highest BCUT2D eigenvalue weighted by atomic mass is 16.2. The van der Waals surface area contributed by atoms with Crippen LogP contribution in [0.2, 0.25) is 0 Å². The molecule has 0 spiro atoms. The number of nitrogens with zero attached hydrogens (tertiary/aromatic N) is 1. The van der Waals surface area contributed by atoms with E-state index >= 15 is 0 Å². The number of hydrogen-bond donors (Lipinski definition) is 0. The Kier molecular flexibility index (Phi) is 5.13. The minimum atomic E-state index is 0.0322. The van der Waals surface area contributed by atoms with Crippen LogP contribution in [0.4, 0.5) is 0 Å². The zero-order valence-electron chi connectivity index (χ0n) is 11.7. The van der Waals surface area contributed by atoms with Gasteiger partial charge in [-0.2, -0.15) is 0 Å². The van der Waals surface area contributed by atoms with Crippen molar-refractivity contribution in [1.29, 1.82) is 0 Å². The van der Waals surface area contributed by atoms with Gasteiger partial charge in [0.2, 0.25) is 5.91 Å². The van der Waals surface area contributed by atoms with Crippen LogP contribution in [0, 0.1) is 0 Å². The number of amides is 1. The van der Waals surface area contributed by atoms with Gasteiger partial charge in [-0.1, -0.05) is 60.7 Å². The van der Waals surface area contributed by atoms with E-state index in [2.05, 4.69) is 12.1 Å². The molecule has 0 saturated carbocycles. The molecule has 0 unspecified atom stereocenters. The van der Waals surface area contributed by atoms with Gasteiger partial charge in [0, 0.05) is 19.7 Å². The van der Waals surface area contributed by atoms with Crippen molar-refractivity contribution in [2.75, 3.05) is 13.6 Å². The molecule has 0 aliphatic heterocycles. The average molecular weight is 265 g/mol. The number of carbonyl (C=O) groups excluding carboxylic acids is 1. The molecule has 0 bridgehead atoms. The molecule has 102 valence electrons. The zero-order chi connectivity index (χ0) is 14.2. The van der Waals surface area contributed by atoms with Crippen LogP contribution in [0.5, 0.6) is 0 Å². The molecule has 2 rings (SSSR count). The fourth-order valence-electron chi connectivity index (χ4n) is 1.91. The van der Waals surface area contributed by atoms with Crippen LogP contribution >= 0.6 is 0 Å². The van der Waals surface area contributed by atoms with E-state index in [0.29, 0.717) is 0 Å². The minimum Gasteiger partial charge on any atom is -0.342 e. The van der Waals surface area contributed by atoms with Crippen molar-refractivity contribution in [2.24, 2.45) is 0 Å². The predicted molar refractivity (Wildman–Crippen MR) is 83.3 cm³/mol. The zero-order valence-corrected chi connectivity index (χ0v) is 11.7. The molecule has 0 N–H and O–H groups in total. The molecule has 2 nitrogen and oxygen atoms in total. The van der Waals surface area contributed by atoms with Crippen LogP contribution in [0.15, 0.2) is 66.7 Å². The summed E-state index contributed by atoms with van der Waals surface area (Å²) in [5.41, 5.74) is 2.29. The van der Waals surface area contributed by atoms with E-state index in [1.54, 1.807) is 11.0 Å². The first-order valence-electron chi connectivity index (χ1n) is 6.78. The summed E-state index contributed by atoms with van der Waals surface area (Å²) >= 11 is 0. The molecule has 20 heavy (non-hydrogen) atoms. The largest absolute Gasteiger partial charge is 0.342 e. The van der Waals surface area contributed by atoms with Crippen molar-refractivity contribution in [3.8, 4) is 0 Å². The molecule has 2 aromatic carbocycles. The van der Waals surface area contributed by atoms with E-state index in [9.17, 15) is 4.79 Å². The lowest BCUT2D eigenvalue weighted by atomic mass is 10.1. The second-order valence-corrected chi connectivity index (χ2v) is 4.74. The fraction of sp³-hybridized carbons (Fsp3) is 0.167. The first kappa shape index (κ1) is 14.1. The summed E-state index contributed by atoms with van der Waals surface area (Å²) in [6.45, 7) is 0.724. The summed E-state index contributed by atoms with van der Waals surface area (Å²) in [5.74, 6) is 0.0322. The van der Waals surface area contributed by atoms with Gasteiger partial charge in [-0.05, 0) is 23.6 Å². The highest BCUT2D eigenvalue weighted by Crippen LogP contribution is 2.03. The highest BCUT2D eigenvalue weighted by molar-refractivity contribution is 5.91. The van der Waals surface area contributed by atoms with Gasteiger partial charge in [-0.15, -0.1) is 0 Å². The normalized spacial score (nSPS) is 10.7. The van der Waals surface area contributed by atoms with E-state index in [0.717, 1.165) is 18.5 Å². The summed E-state index contributed by atoms with van der Waals surface area (Å²) < 4.78 is 0. The smallest absolute Gasteiger partial charge is 0.246 e. The molecule has 2 heteroatoms. The van der Waals surface area contributed by atoms with Crippen molar-refractivity contribution in [2.45, 2.75) is 6.42 Å². The number of likely N-dealkylation sites (N-methyl/N-ethyl adjacent to an activating group) is 1. The molecular weight excluding hydrogens is 246 g/mol. The van der Waals surface area contributed by atoms with E-state index in [-0.39, 0.29) is 5.91 Å². The molecule has 0 radical (unpaired) electrons. The topological polar surface area (TPSA) is 20.3 Å². The standard InChI is InChI=1S/C18H19NO/c1-19(15-14-17-10-6-3-7-11-17)18(20)13-12-16-8-4-2-5-9-16/h2-13H,14-15H2,1H3. The third-order valence-electron chi connectivity index (χ3n) is 3.17. The Bertz CT molecular complexity index is 560. The van der Waals surface area contributed by atoms with Crippen molar-refractivity contribution in [3.05, 3.63) is 77.9 Å². The molecule has 0 aliphatic carbocycles. The molecule has 0 aromatic heterocycles. The third-order valence-corrected chi connectivity index (χ3v) is 3.17. The number of benzene rings is 2. The van der Waals surface area contributed by atoms with E-state index in [1.807, 2.05) is 61.7 Å². The van der Waals surface area contributed by atoms with E-state index < -0.39 is 0 Å². The molecule has 0 heterocycles. The minimum absolute atomic E-state index is 0.0322. The quantitative estimate of drug-likeness (QED) is 0.759. The van der Waals surface area contributed by atoms with Crippen molar-refractivity contribution in [1.82, 2.24) is 4.90 Å². The van der Waals surface area contributed by atoms with Gasteiger partial charge in [0.25, 0.3) is 0 Å². The van der Waals surface area contributed by atoms with Crippen LogP contribution in [-0.2, 0) is 11.2 Å². The van der Waals surface area contributed by atoms with Gasteiger partial charge in [-0.3, -0.25) is 4.79 Å². The van der Waals surface area contributed by atoms with Crippen molar-refractivity contribution >= 4 is 12.0 Å². The van der Waals surface area contributed by atoms with Gasteiger partial charge in [-0.25, -0.2) is 0 Å². The van der Waals surface area contributed by atoms with Crippen LogP contribution < -0.4 is 0 Å². The third kappa shape index (κ3) is 4.39. The fourth-order valence-corrected chi connectivity index (χ4v) is 1.91. The van der Waals surface area contributed by atoms with Gasteiger partial charge < -0.3 is 4.90 Å². The van der Waals surface area contributed by atoms with E-state index in [4.69, 9.17) is 0 Å². The highest BCUT2D eigenvalue weighted by Gasteiger charge is 2.04. The number of hydrogen-bond acceptors (Lipinski definition) is 1. The molecule has 0 atom stereocenters. The summed E-state index contributed by atoms with van der Waals surface area (Å²) in [4.78, 5) is 13.7. The number of rotatable bonds is 5. The maximum atomic E-state index is 12.0. The molecule has 2 aromatic rings. The summed E-state index contributed by atoms with van der Waals surface area (Å²) in [7, 11) is 1.83. The maximum absolute atomic E-state index is 12.0. The van der Waals surface area contributed by atoms with Crippen molar-refractivity contribution < 1.29 is 4.79 Å². The van der Waals surface area contributed by atoms with Gasteiger partial charge >= 0.3 is 0 Å². The molecule has 1 amide bonds. The van der Waals surface area contributed by atoms with Crippen LogP contribution in [0.1, 0.15) is 11.1 Å². The summed E-state index contributed by atoms with van der Waals surface area (Å²) in [6, 6.07) is 20.1. The maximum Gasteiger partial charge on any atom is 0.246 e. The monoisotopic (exact) mass is 265 g/mol. The van der Waals surface area contributed by atoms with Crippen molar-refractivity contribution in [3.63, 3.8) is 0 Å². The molecule has 0 fully saturated rings. The van der Waals surface area contributed by atoms with E-state index in [1.165, 1.54) is 5.56 Å². The Morgan fingerprint density at radius 1 is 1.00 bits per heavy atom. The summed E-state index contributed by atoms with van der Waals surface area (Å²) in [6.07, 6.45) is 4.35. The Hall–Kier alpha value is -2.35.